The lowest BCUT2D eigenvalue weighted by molar-refractivity contribution is 1.38. The van der Waals surface area contributed by atoms with E-state index in [1.54, 1.807) is 6.92 Å². The summed E-state index contributed by atoms with van der Waals surface area (Å²) in [6, 6.07) is 0. The summed E-state index contributed by atoms with van der Waals surface area (Å²) >= 11 is 36.7. The van der Waals surface area contributed by atoms with Gasteiger partial charge in [-0.3, -0.25) is 0 Å². The first-order valence-corrected chi connectivity index (χ1v) is 17.6. The van der Waals surface area contributed by atoms with E-state index in [1.807, 2.05) is 35.3 Å². The van der Waals surface area contributed by atoms with Gasteiger partial charge in [0, 0.05) is 50.6 Å². The van der Waals surface area contributed by atoms with Gasteiger partial charge in [0.1, 0.15) is 4.84 Å². The van der Waals surface area contributed by atoms with Crippen molar-refractivity contribution in [3.05, 3.63) is 0 Å². The Balaban J connectivity index is -0.000000431. The van der Waals surface area contributed by atoms with Crippen molar-refractivity contribution in [2.24, 2.45) is 0 Å². The van der Waals surface area contributed by atoms with E-state index in [2.05, 4.69) is 81.0 Å². The molecule has 0 aliphatic carbocycles. The summed E-state index contributed by atoms with van der Waals surface area (Å²) in [4.78, 5) is -0.222. The molecule has 0 aromatic rings. The minimum Gasteiger partial charge on any atom is -0.179 e. The van der Waals surface area contributed by atoms with Crippen LogP contribution in [0.15, 0.2) is 0 Å². The van der Waals surface area contributed by atoms with Gasteiger partial charge in [-0.05, 0) is 36.9 Å². The molecule has 0 aliphatic rings. The maximum Gasteiger partial charge on any atom is 0.105 e. The van der Waals surface area contributed by atoms with Crippen LogP contribution in [-0.2, 0) is 0 Å². The molecule has 0 bridgehead atoms. The Labute approximate surface area is 222 Å². The standard InChI is InChI=1S/C10H22S6.C4H10S3.C2H4Cl2/c1-10(15-8-6-13-4-2-11)16-9-7-14-5-3-12;5-1-3-7-4-2-6;1-2(3)4/h10-12H,2-9H2,1H3;5-6H,1-4H2;2H,1H3. The molecule has 0 saturated heterocycles. The molecule has 0 heterocycles. The zero-order valence-electron chi connectivity index (χ0n) is 16.2. The molecule has 0 radical (unpaired) electrons. The Hall–Kier alpha value is 3.73. The van der Waals surface area contributed by atoms with Crippen molar-refractivity contribution >= 4 is 133 Å². The number of halogens is 2. The molecular formula is C16H36Cl2S9. The van der Waals surface area contributed by atoms with E-state index in [1.165, 1.54) is 34.5 Å². The van der Waals surface area contributed by atoms with Gasteiger partial charge in [-0.1, -0.05) is 0 Å². The van der Waals surface area contributed by atoms with Crippen molar-refractivity contribution in [2.45, 2.75) is 23.3 Å². The predicted molar refractivity (Wildman–Crippen MR) is 163 cm³/mol. The Morgan fingerprint density at radius 2 is 0.815 bits per heavy atom. The summed E-state index contributed by atoms with van der Waals surface area (Å²) in [5.74, 6) is 13.7. The highest BCUT2D eigenvalue weighted by Crippen LogP contribution is 2.24. The zero-order valence-corrected chi connectivity index (χ0v) is 25.4. The van der Waals surface area contributed by atoms with Crippen molar-refractivity contribution < 1.29 is 0 Å². The molecule has 0 atom stereocenters. The maximum atomic E-state index is 5.04. The maximum absolute atomic E-state index is 5.04. The molecule has 0 fully saturated rings. The fourth-order valence-electron chi connectivity index (χ4n) is 1.16. The molecule has 0 aromatic heterocycles. The molecule has 0 unspecified atom stereocenters. The molecule has 11 heteroatoms. The normalized spacial score (nSPS) is 10.4. The van der Waals surface area contributed by atoms with Crippen molar-refractivity contribution in [1.29, 1.82) is 0 Å². The van der Waals surface area contributed by atoms with Crippen LogP contribution < -0.4 is 0 Å². The minimum absolute atomic E-state index is 0.222. The van der Waals surface area contributed by atoms with Gasteiger partial charge < -0.3 is 0 Å². The largest absolute Gasteiger partial charge is 0.179 e. The summed E-state index contributed by atoms with van der Waals surface area (Å²) < 4.78 is 0.744. The molecule has 0 rings (SSSR count). The van der Waals surface area contributed by atoms with Crippen molar-refractivity contribution in [2.75, 3.05) is 69.0 Å². The summed E-state index contributed by atoms with van der Waals surface area (Å²) in [5, 5.41) is 0. The van der Waals surface area contributed by atoms with Crippen LogP contribution in [0.1, 0.15) is 13.8 Å². The van der Waals surface area contributed by atoms with Crippen molar-refractivity contribution in [1.82, 2.24) is 0 Å². The average molecular weight is 588 g/mol. The van der Waals surface area contributed by atoms with Crippen LogP contribution in [0.25, 0.3) is 0 Å². The van der Waals surface area contributed by atoms with Gasteiger partial charge in [-0.15, -0.1) is 46.7 Å². The van der Waals surface area contributed by atoms with Gasteiger partial charge in [-0.25, -0.2) is 0 Å². The molecule has 0 amide bonds. The van der Waals surface area contributed by atoms with Crippen molar-refractivity contribution in [3.8, 4) is 0 Å². The van der Waals surface area contributed by atoms with Crippen LogP contribution in [0, 0.1) is 0 Å². The lowest BCUT2D eigenvalue weighted by atomic mass is 10.9. The lowest BCUT2D eigenvalue weighted by Gasteiger charge is -2.10. The van der Waals surface area contributed by atoms with Crippen LogP contribution in [-0.4, -0.2) is 78.5 Å². The first-order valence-electron chi connectivity index (χ1n) is 8.64. The number of thiol groups is 4. The molecule has 0 aromatic carbocycles. The van der Waals surface area contributed by atoms with Gasteiger partial charge in [0.25, 0.3) is 0 Å². The van der Waals surface area contributed by atoms with E-state index < -0.39 is 0 Å². The van der Waals surface area contributed by atoms with Gasteiger partial charge >= 0.3 is 0 Å². The molecule has 0 nitrogen and oxygen atoms in total. The Bertz CT molecular complexity index is 219. The molecule has 168 valence electrons. The van der Waals surface area contributed by atoms with Crippen LogP contribution in [0.2, 0.25) is 0 Å². The third kappa shape index (κ3) is 48.4. The van der Waals surface area contributed by atoms with Gasteiger partial charge in [0.05, 0.1) is 0 Å². The molecule has 27 heavy (non-hydrogen) atoms. The van der Waals surface area contributed by atoms with Gasteiger partial charge in [0.2, 0.25) is 0 Å². The SMILES string of the molecule is CC(Cl)Cl.CC(SCCSCCS)SCCSCCS.SCCSCCS. The second-order valence-corrected chi connectivity index (χ2v) is 14.8. The van der Waals surface area contributed by atoms with Crippen LogP contribution >= 0.6 is 133 Å². The topological polar surface area (TPSA) is 0 Å². The van der Waals surface area contributed by atoms with Crippen LogP contribution in [0.4, 0.5) is 0 Å². The number of thioether (sulfide) groups is 5. The van der Waals surface area contributed by atoms with E-state index in [4.69, 9.17) is 23.2 Å². The molecule has 0 N–H and O–H groups in total. The van der Waals surface area contributed by atoms with Crippen LogP contribution in [0.3, 0.4) is 0 Å². The van der Waals surface area contributed by atoms with E-state index in [9.17, 15) is 0 Å². The molecule has 0 saturated carbocycles. The molecule has 0 aliphatic heterocycles. The van der Waals surface area contributed by atoms with Gasteiger partial charge in [0.15, 0.2) is 0 Å². The monoisotopic (exact) mass is 586 g/mol. The minimum atomic E-state index is -0.222. The summed E-state index contributed by atoms with van der Waals surface area (Å²) in [6.07, 6.45) is 0. The number of alkyl halides is 2. The average Bonchev–Trinajstić information content (AvgIpc) is 2.62. The predicted octanol–water partition coefficient (Wildman–Crippen LogP) is 7.51. The number of hydrogen-bond donors (Lipinski definition) is 4. The fourth-order valence-corrected chi connectivity index (χ4v) is 7.18. The van der Waals surface area contributed by atoms with E-state index >= 15 is 0 Å². The van der Waals surface area contributed by atoms with Crippen molar-refractivity contribution in [3.63, 3.8) is 0 Å². The van der Waals surface area contributed by atoms with E-state index in [0.29, 0.717) is 0 Å². The quantitative estimate of drug-likeness (QED) is 0.0637. The first-order chi connectivity index (χ1) is 13.0. The Morgan fingerprint density at radius 3 is 1.07 bits per heavy atom. The van der Waals surface area contributed by atoms with Gasteiger partial charge in [-0.2, -0.15) is 85.8 Å². The smallest absolute Gasteiger partial charge is 0.105 e. The zero-order chi connectivity index (χ0) is 21.2. The third-order valence-corrected chi connectivity index (χ3v) is 10.3. The molecular weight excluding hydrogens is 552 g/mol. The number of rotatable bonds is 16. The Kier molecular flexibility index (Phi) is 44.9. The second-order valence-electron chi connectivity index (χ2n) is 4.56. The number of hydrogen-bond acceptors (Lipinski definition) is 9. The highest BCUT2D eigenvalue weighted by atomic mass is 35.5. The highest BCUT2D eigenvalue weighted by Gasteiger charge is 2.02. The summed E-state index contributed by atoms with van der Waals surface area (Å²) in [5.41, 5.74) is 0. The Morgan fingerprint density at radius 1 is 0.556 bits per heavy atom. The van der Waals surface area contributed by atoms with E-state index in [0.717, 1.165) is 39.1 Å². The fraction of sp³-hybridized carbons (Fsp3) is 1.00. The first kappa shape index (κ1) is 35.3. The lowest BCUT2D eigenvalue weighted by Crippen LogP contribution is -1.97. The molecule has 0 spiro atoms. The summed E-state index contributed by atoms with van der Waals surface area (Å²) in [7, 11) is 0. The second kappa shape index (κ2) is 34.3. The van der Waals surface area contributed by atoms with Crippen LogP contribution in [0.5, 0.6) is 0 Å². The van der Waals surface area contributed by atoms with E-state index in [-0.39, 0.29) is 4.84 Å². The highest BCUT2D eigenvalue weighted by molar-refractivity contribution is 8.17. The summed E-state index contributed by atoms with van der Waals surface area (Å²) in [6.45, 7) is 4.02. The third-order valence-electron chi connectivity index (χ3n) is 2.10.